The molecule has 5 heteroatoms. The zero-order chi connectivity index (χ0) is 15.3. The Kier molecular flexibility index (Phi) is 7.33. The molecule has 0 saturated heterocycles. The molecule has 0 radical (unpaired) electrons. The third-order valence-corrected chi connectivity index (χ3v) is 4.51. The lowest BCUT2D eigenvalue weighted by Crippen LogP contribution is -2.51. The maximum absolute atomic E-state index is 12.3. The van der Waals surface area contributed by atoms with Crippen molar-refractivity contribution in [2.75, 3.05) is 6.54 Å². The van der Waals surface area contributed by atoms with Crippen molar-refractivity contribution in [3.05, 3.63) is 35.9 Å². The van der Waals surface area contributed by atoms with Crippen molar-refractivity contribution in [2.45, 2.75) is 50.7 Å². The number of amides is 1. The maximum Gasteiger partial charge on any atom is 0.244 e. The molecule has 0 aliphatic heterocycles. The molecule has 0 aromatic heterocycles. The lowest BCUT2D eigenvalue weighted by atomic mass is 9.85. The molecule has 2 unspecified atom stereocenters. The SMILES string of the molecule is CC(N)(C(=O)NCC(O)C1CCCCC1)c1ccccc1.Cl. The second kappa shape index (κ2) is 8.51. The number of hydrogen-bond donors (Lipinski definition) is 3. The number of benzene rings is 1. The molecular weight excluding hydrogens is 300 g/mol. The van der Waals surface area contributed by atoms with E-state index in [0.717, 1.165) is 18.4 Å². The highest BCUT2D eigenvalue weighted by Crippen LogP contribution is 2.26. The Hall–Kier alpha value is -1.10. The first kappa shape index (κ1) is 18.9. The first-order valence-corrected chi connectivity index (χ1v) is 7.82. The van der Waals surface area contributed by atoms with Crippen molar-refractivity contribution in [3.8, 4) is 0 Å². The van der Waals surface area contributed by atoms with E-state index in [1.54, 1.807) is 6.92 Å². The van der Waals surface area contributed by atoms with Gasteiger partial charge in [0.1, 0.15) is 5.54 Å². The summed E-state index contributed by atoms with van der Waals surface area (Å²) < 4.78 is 0. The van der Waals surface area contributed by atoms with Crippen LogP contribution in [0.15, 0.2) is 30.3 Å². The van der Waals surface area contributed by atoms with Crippen LogP contribution in [0.3, 0.4) is 0 Å². The number of rotatable bonds is 5. The van der Waals surface area contributed by atoms with Gasteiger partial charge in [0.2, 0.25) is 5.91 Å². The van der Waals surface area contributed by atoms with E-state index in [1.165, 1.54) is 19.3 Å². The summed E-state index contributed by atoms with van der Waals surface area (Å²) in [5, 5.41) is 13.0. The molecule has 1 aromatic carbocycles. The Morgan fingerprint density at radius 1 is 1.32 bits per heavy atom. The Labute approximate surface area is 138 Å². The van der Waals surface area contributed by atoms with E-state index in [0.29, 0.717) is 5.92 Å². The summed E-state index contributed by atoms with van der Waals surface area (Å²) in [5.41, 5.74) is 5.85. The van der Waals surface area contributed by atoms with Crippen LogP contribution in [0.4, 0.5) is 0 Å². The monoisotopic (exact) mass is 326 g/mol. The molecule has 22 heavy (non-hydrogen) atoms. The van der Waals surface area contributed by atoms with Crippen molar-refractivity contribution >= 4 is 18.3 Å². The van der Waals surface area contributed by atoms with E-state index >= 15 is 0 Å². The minimum absolute atomic E-state index is 0. The first-order chi connectivity index (χ1) is 10.0. The fourth-order valence-corrected chi connectivity index (χ4v) is 2.98. The Morgan fingerprint density at radius 3 is 2.50 bits per heavy atom. The molecule has 1 aliphatic carbocycles. The van der Waals surface area contributed by atoms with Gasteiger partial charge in [-0.3, -0.25) is 4.79 Å². The highest BCUT2D eigenvalue weighted by Gasteiger charge is 2.31. The average molecular weight is 327 g/mol. The van der Waals surface area contributed by atoms with Gasteiger partial charge in [-0.15, -0.1) is 12.4 Å². The van der Waals surface area contributed by atoms with Gasteiger partial charge < -0.3 is 16.2 Å². The summed E-state index contributed by atoms with van der Waals surface area (Å²) in [5.74, 6) is 0.0587. The zero-order valence-corrected chi connectivity index (χ0v) is 13.9. The molecule has 1 fully saturated rings. The molecule has 1 aliphatic rings. The van der Waals surface area contributed by atoms with Gasteiger partial charge >= 0.3 is 0 Å². The summed E-state index contributed by atoms with van der Waals surface area (Å²) in [7, 11) is 0. The van der Waals surface area contributed by atoms with Gasteiger partial charge in [0.05, 0.1) is 6.10 Å². The topological polar surface area (TPSA) is 75.4 Å². The zero-order valence-electron chi connectivity index (χ0n) is 13.1. The fraction of sp³-hybridized carbons (Fsp3) is 0.588. The standard InChI is InChI=1S/C17H26N2O2.ClH/c1-17(18,14-10-6-3-7-11-14)16(21)19-12-15(20)13-8-4-2-5-9-13;/h3,6-7,10-11,13,15,20H,2,4-5,8-9,12,18H2,1H3,(H,19,21);1H. The minimum atomic E-state index is -1.08. The fourth-order valence-electron chi connectivity index (χ4n) is 2.98. The first-order valence-electron chi connectivity index (χ1n) is 7.82. The van der Waals surface area contributed by atoms with Crippen LogP contribution in [0.2, 0.25) is 0 Å². The van der Waals surface area contributed by atoms with Gasteiger partial charge in [-0.05, 0) is 31.2 Å². The number of nitrogens with one attached hydrogen (secondary N) is 1. The molecule has 4 nitrogen and oxygen atoms in total. The van der Waals surface area contributed by atoms with Crippen LogP contribution in [0, 0.1) is 5.92 Å². The van der Waals surface area contributed by atoms with Gasteiger partial charge in [-0.2, -0.15) is 0 Å². The van der Waals surface area contributed by atoms with Gasteiger partial charge in [0.15, 0.2) is 0 Å². The summed E-state index contributed by atoms with van der Waals surface area (Å²) in [6.45, 7) is 1.98. The van der Waals surface area contributed by atoms with Gasteiger partial charge in [0, 0.05) is 6.54 Å². The highest BCUT2D eigenvalue weighted by atomic mass is 35.5. The normalized spacial score (nSPS) is 19.6. The van der Waals surface area contributed by atoms with Crippen molar-refractivity contribution in [1.29, 1.82) is 0 Å². The van der Waals surface area contributed by atoms with Crippen molar-refractivity contribution in [1.82, 2.24) is 5.32 Å². The number of aliphatic hydroxyl groups excluding tert-OH is 1. The summed E-state index contributed by atoms with van der Waals surface area (Å²) >= 11 is 0. The quantitative estimate of drug-likeness (QED) is 0.777. The number of carbonyl (C=O) groups is 1. The number of carbonyl (C=O) groups excluding carboxylic acids is 1. The predicted molar refractivity (Wildman–Crippen MR) is 90.8 cm³/mol. The number of halogens is 1. The number of nitrogens with two attached hydrogens (primary N) is 1. The van der Waals surface area contributed by atoms with Crippen LogP contribution in [0.1, 0.15) is 44.6 Å². The second-order valence-electron chi connectivity index (χ2n) is 6.24. The van der Waals surface area contributed by atoms with E-state index in [-0.39, 0.29) is 24.9 Å². The smallest absolute Gasteiger partial charge is 0.244 e. The van der Waals surface area contributed by atoms with E-state index in [4.69, 9.17) is 5.73 Å². The molecule has 0 heterocycles. The molecule has 2 atom stereocenters. The summed E-state index contributed by atoms with van der Waals surface area (Å²) in [6, 6.07) is 9.31. The molecule has 0 spiro atoms. The van der Waals surface area contributed by atoms with Crippen molar-refractivity contribution in [3.63, 3.8) is 0 Å². The Morgan fingerprint density at radius 2 is 1.91 bits per heavy atom. The molecule has 1 aromatic rings. The van der Waals surface area contributed by atoms with Crippen LogP contribution in [0.25, 0.3) is 0 Å². The third-order valence-electron chi connectivity index (χ3n) is 4.51. The van der Waals surface area contributed by atoms with Crippen LogP contribution >= 0.6 is 12.4 Å². The van der Waals surface area contributed by atoms with E-state index in [9.17, 15) is 9.90 Å². The third kappa shape index (κ3) is 4.70. The molecule has 0 bridgehead atoms. The Bertz CT molecular complexity index is 459. The van der Waals surface area contributed by atoms with Crippen molar-refractivity contribution < 1.29 is 9.90 Å². The summed E-state index contributed by atoms with van der Waals surface area (Å²) in [6.07, 6.45) is 5.24. The molecular formula is C17H27ClN2O2. The van der Waals surface area contributed by atoms with Crippen LogP contribution < -0.4 is 11.1 Å². The second-order valence-corrected chi connectivity index (χ2v) is 6.24. The number of hydrogen-bond acceptors (Lipinski definition) is 3. The summed E-state index contributed by atoms with van der Waals surface area (Å²) in [4.78, 5) is 12.3. The Balaban J connectivity index is 0.00000242. The lowest BCUT2D eigenvalue weighted by molar-refractivity contribution is -0.126. The van der Waals surface area contributed by atoms with Crippen LogP contribution in [-0.4, -0.2) is 23.7 Å². The van der Waals surface area contributed by atoms with Gasteiger partial charge in [-0.1, -0.05) is 49.6 Å². The molecule has 1 amide bonds. The van der Waals surface area contributed by atoms with Crippen LogP contribution in [-0.2, 0) is 10.3 Å². The molecule has 4 N–H and O–H groups in total. The van der Waals surface area contributed by atoms with E-state index in [2.05, 4.69) is 5.32 Å². The number of aliphatic hydroxyl groups is 1. The van der Waals surface area contributed by atoms with Gasteiger partial charge in [-0.25, -0.2) is 0 Å². The highest BCUT2D eigenvalue weighted by molar-refractivity contribution is 5.87. The molecule has 1 saturated carbocycles. The average Bonchev–Trinajstić information content (AvgIpc) is 2.53. The van der Waals surface area contributed by atoms with Crippen LogP contribution in [0.5, 0.6) is 0 Å². The molecule has 124 valence electrons. The largest absolute Gasteiger partial charge is 0.391 e. The minimum Gasteiger partial charge on any atom is -0.391 e. The van der Waals surface area contributed by atoms with E-state index < -0.39 is 11.6 Å². The van der Waals surface area contributed by atoms with Crippen molar-refractivity contribution in [2.24, 2.45) is 11.7 Å². The molecule has 2 rings (SSSR count). The van der Waals surface area contributed by atoms with Gasteiger partial charge in [0.25, 0.3) is 0 Å². The van der Waals surface area contributed by atoms with E-state index in [1.807, 2.05) is 30.3 Å². The maximum atomic E-state index is 12.3. The lowest BCUT2D eigenvalue weighted by Gasteiger charge is -2.29. The predicted octanol–water partition coefficient (Wildman–Crippen LogP) is 2.34.